The molecule has 0 aliphatic rings. The number of amides is 1. The van der Waals surface area contributed by atoms with Gasteiger partial charge in [0, 0.05) is 17.6 Å². The average Bonchev–Trinajstić information content (AvgIpc) is 3.32. The molecular weight excluding hydrogens is 450 g/mol. The molecule has 0 saturated heterocycles. The number of sulfonamides is 1. The number of methoxy groups -OCH3 is 1. The summed E-state index contributed by atoms with van der Waals surface area (Å²) in [5.41, 5.74) is 3.70. The first-order valence-electron chi connectivity index (χ1n) is 10.6. The number of nitrogens with zero attached hydrogens (tertiary/aromatic N) is 1. The summed E-state index contributed by atoms with van der Waals surface area (Å²) in [6, 6.07) is 23.0. The van der Waals surface area contributed by atoms with Crippen molar-refractivity contribution < 1.29 is 17.9 Å². The first kappa shape index (κ1) is 23.1. The fourth-order valence-electron chi connectivity index (χ4n) is 3.70. The molecule has 1 aromatic heterocycles. The minimum Gasteiger partial charge on any atom is -0.495 e. The van der Waals surface area contributed by atoms with E-state index in [1.165, 1.54) is 19.2 Å². The second-order valence-electron chi connectivity index (χ2n) is 7.79. The van der Waals surface area contributed by atoms with E-state index < -0.39 is 10.0 Å². The number of nitrogens with one attached hydrogen (secondary N) is 2. The first-order chi connectivity index (χ1) is 16.3. The average molecular weight is 476 g/mol. The first-order valence-corrected chi connectivity index (χ1v) is 12.1. The third-order valence-corrected chi connectivity index (χ3v) is 6.82. The molecule has 0 atom stereocenters. The highest BCUT2D eigenvalue weighted by molar-refractivity contribution is 7.92. The van der Waals surface area contributed by atoms with Crippen molar-refractivity contribution >= 4 is 27.3 Å². The van der Waals surface area contributed by atoms with E-state index in [1.807, 2.05) is 62.4 Å². The molecule has 0 radical (unpaired) electrons. The summed E-state index contributed by atoms with van der Waals surface area (Å²) in [7, 11) is -2.59. The molecule has 0 saturated carbocycles. The fourth-order valence-corrected chi connectivity index (χ4v) is 5.10. The van der Waals surface area contributed by atoms with Crippen molar-refractivity contribution in [2.24, 2.45) is 0 Å². The van der Waals surface area contributed by atoms with Crippen LogP contribution in [-0.4, -0.2) is 26.0 Å². The molecule has 0 aliphatic heterocycles. The summed E-state index contributed by atoms with van der Waals surface area (Å²) >= 11 is 0. The van der Waals surface area contributed by atoms with Crippen LogP contribution in [0.4, 0.5) is 11.4 Å². The Bertz CT molecular complexity index is 1420. The predicted octanol–water partition coefficient (Wildman–Crippen LogP) is 5.16. The highest BCUT2D eigenvalue weighted by Gasteiger charge is 2.23. The van der Waals surface area contributed by atoms with E-state index in [9.17, 15) is 13.2 Å². The monoisotopic (exact) mass is 475 g/mol. The summed E-state index contributed by atoms with van der Waals surface area (Å²) in [6.45, 7) is 3.67. The molecule has 4 rings (SSSR count). The van der Waals surface area contributed by atoms with Gasteiger partial charge >= 0.3 is 0 Å². The topological polar surface area (TPSA) is 89.4 Å². The molecule has 34 heavy (non-hydrogen) atoms. The van der Waals surface area contributed by atoms with Gasteiger partial charge in [0.05, 0.1) is 12.8 Å². The van der Waals surface area contributed by atoms with Crippen molar-refractivity contribution in [1.29, 1.82) is 0 Å². The van der Waals surface area contributed by atoms with E-state index in [0.717, 1.165) is 16.8 Å². The van der Waals surface area contributed by atoms with Crippen LogP contribution in [0.5, 0.6) is 5.75 Å². The van der Waals surface area contributed by atoms with Crippen LogP contribution in [0.1, 0.15) is 21.6 Å². The number of hydrogen-bond donors (Lipinski definition) is 2. The maximum Gasteiger partial charge on any atom is 0.272 e. The van der Waals surface area contributed by atoms with Gasteiger partial charge in [0.1, 0.15) is 16.3 Å². The van der Waals surface area contributed by atoms with Gasteiger partial charge in [-0.25, -0.2) is 8.42 Å². The Morgan fingerprint density at radius 3 is 2.26 bits per heavy atom. The van der Waals surface area contributed by atoms with Crippen LogP contribution in [0.25, 0.3) is 5.69 Å². The normalized spacial score (nSPS) is 11.1. The number of hydrogen-bond acceptors (Lipinski definition) is 4. The lowest BCUT2D eigenvalue weighted by molar-refractivity contribution is 0.102. The van der Waals surface area contributed by atoms with E-state index >= 15 is 0 Å². The molecule has 8 heteroatoms. The third kappa shape index (κ3) is 4.67. The van der Waals surface area contributed by atoms with Gasteiger partial charge in [0.25, 0.3) is 15.9 Å². The lowest BCUT2D eigenvalue weighted by Crippen LogP contribution is -2.18. The maximum atomic E-state index is 13.3. The lowest BCUT2D eigenvalue weighted by atomic mass is 10.1. The Labute approximate surface area is 199 Å². The van der Waals surface area contributed by atoms with Crippen LogP contribution in [0.15, 0.2) is 90.0 Å². The minimum absolute atomic E-state index is 0.0751. The quantitative estimate of drug-likeness (QED) is 0.387. The Morgan fingerprint density at radius 1 is 0.882 bits per heavy atom. The molecule has 0 unspecified atom stereocenters. The second-order valence-corrected chi connectivity index (χ2v) is 9.44. The van der Waals surface area contributed by atoms with Gasteiger partial charge < -0.3 is 14.6 Å². The van der Waals surface area contributed by atoms with Crippen LogP contribution < -0.4 is 14.8 Å². The van der Waals surface area contributed by atoms with Gasteiger partial charge in [0.2, 0.25) is 0 Å². The number of aromatic nitrogens is 1. The summed E-state index contributed by atoms with van der Waals surface area (Å²) < 4.78 is 36.3. The second kappa shape index (κ2) is 9.44. The van der Waals surface area contributed by atoms with E-state index in [2.05, 4.69) is 10.0 Å². The van der Waals surface area contributed by atoms with E-state index in [4.69, 9.17) is 4.74 Å². The van der Waals surface area contributed by atoms with E-state index in [0.29, 0.717) is 17.1 Å². The van der Waals surface area contributed by atoms with Crippen LogP contribution in [0.3, 0.4) is 0 Å². The number of aryl methyl sites for hydroxylation is 2. The van der Waals surface area contributed by atoms with Crippen molar-refractivity contribution in [3.63, 3.8) is 0 Å². The molecule has 0 bridgehead atoms. The largest absolute Gasteiger partial charge is 0.495 e. The van der Waals surface area contributed by atoms with Crippen molar-refractivity contribution in [3.05, 3.63) is 102 Å². The number of anilines is 2. The number of carbonyl (C=O) groups excluding carboxylic acids is 1. The summed E-state index contributed by atoms with van der Waals surface area (Å²) in [4.78, 5) is 13.0. The van der Waals surface area contributed by atoms with Crippen LogP contribution in [-0.2, 0) is 10.0 Å². The van der Waals surface area contributed by atoms with Gasteiger partial charge in [-0.15, -0.1) is 0 Å². The lowest BCUT2D eigenvalue weighted by Gasteiger charge is -2.16. The Morgan fingerprint density at radius 2 is 1.59 bits per heavy atom. The SMILES string of the molecule is COc1ccc(NC(=O)c2cccn2-c2ccccc2)cc1S(=O)(=O)Nc1c(C)cccc1C. The van der Waals surface area contributed by atoms with E-state index in [-0.39, 0.29) is 16.6 Å². The molecular formula is C26H25N3O4S. The zero-order valence-corrected chi connectivity index (χ0v) is 19.9. The Hall–Kier alpha value is -4.04. The third-order valence-electron chi connectivity index (χ3n) is 5.44. The molecule has 0 fully saturated rings. The van der Waals surface area contributed by atoms with Gasteiger partial charge in [0.15, 0.2) is 0 Å². The number of benzene rings is 3. The molecule has 1 amide bonds. The van der Waals surface area contributed by atoms with E-state index in [1.54, 1.807) is 29.0 Å². The number of carbonyl (C=O) groups is 1. The van der Waals surface area contributed by atoms with Crippen molar-refractivity contribution in [1.82, 2.24) is 4.57 Å². The molecule has 1 heterocycles. The van der Waals surface area contributed by atoms with Crippen molar-refractivity contribution in [3.8, 4) is 11.4 Å². The highest BCUT2D eigenvalue weighted by atomic mass is 32.2. The summed E-state index contributed by atoms with van der Waals surface area (Å²) in [5, 5.41) is 2.80. The minimum atomic E-state index is -4.00. The molecule has 7 nitrogen and oxygen atoms in total. The Balaban J connectivity index is 1.65. The highest BCUT2D eigenvalue weighted by Crippen LogP contribution is 2.31. The van der Waals surface area contributed by atoms with Gasteiger partial charge in [-0.1, -0.05) is 36.4 Å². The van der Waals surface area contributed by atoms with Gasteiger partial charge in [-0.05, 0) is 67.4 Å². The molecule has 0 spiro atoms. The molecule has 4 aromatic rings. The standard InChI is InChI=1S/C26H25N3O4S/c1-18-9-7-10-19(2)25(18)28-34(31,32)24-17-20(14-15-23(24)33-3)27-26(30)22-13-8-16-29(22)21-11-5-4-6-12-21/h4-17,28H,1-3H3,(H,27,30). The molecule has 3 aromatic carbocycles. The van der Waals surface area contributed by atoms with Crippen LogP contribution in [0, 0.1) is 13.8 Å². The predicted molar refractivity (Wildman–Crippen MR) is 133 cm³/mol. The Kier molecular flexibility index (Phi) is 6.43. The van der Waals surface area contributed by atoms with Crippen molar-refractivity contribution in [2.75, 3.05) is 17.1 Å². The number of rotatable bonds is 7. The maximum absolute atomic E-state index is 13.3. The van der Waals surface area contributed by atoms with Gasteiger partial charge in [-0.2, -0.15) is 0 Å². The summed E-state index contributed by atoms with van der Waals surface area (Å²) in [5.74, 6) is -0.200. The smallest absolute Gasteiger partial charge is 0.272 e. The molecule has 0 aliphatic carbocycles. The number of ether oxygens (including phenoxy) is 1. The van der Waals surface area contributed by atoms with Crippen LogP contribution >= 0.6 is 0 Å². The molecule has 174 valence electrons. The van der Waals surface area contributed by atoms with Crippen molar-refractivity contribution in [2.45, 2.75) is 18.7 Å². The van der Waals surface area contributed by atoms with Gasteiger partial charge in [-0.3, -0.25) is 9.52 Å². The zero-order valence-electron chi connectivity index (χ0n) is 19.1. The number of para-hydroxylation sites is 2. The fraction of sp³-hybridized carbons (Fsp3) is 0.115. The molecule has 2 N–H and O–H groups in total. The summed E-state index contributed by atoms with van der Waals surface area (Å²) in [6.07, 6.45) is 1.79. The zero-order chi connectivity index (χ0) is 24.3. The van der Waals surface area contributed by atoms with Crippen LogP contribution in [0.2, 0.25) is 0 Å².